The van der Waals surface area contributed by atoms with Gasteiger partial charge in [0.1, 0.15) is 11.3 Å². The zero-order chi connectivity index (χ0) is 23.7. The summed E-state index contributed by atoms with van der Waals surface area (Å²) in [6, 6.07) is 13.8. The van der Waals surface area contributed by atoms with Crippen LogP contribution in [0.2, 0.25) is 10.0 Å². The quantitative estimate of drug-likeness (QED) is 0.252. The van der Waals surface area contributed by atoms with Crippen LogP contribution >= 0.6 is 39.1 Å². The molecule has 4 aromatic rings. The Morgan fingerprint density at radius 2 is 1.76 bits per heavy atom. The summed E-state index contributed by atoms with van der Waals surface area (Å²) < 4.78 is 0.567. The van der Waals surface area contributed by atoms with Crippen molar-refractivity contribution in [1.82, 2.24) is 9.97 Å². The SMILES string of the molecule is CCc1nc2c(C(=O)Nc3cccc(Cl)c3C)cc(NC(=O)c3c(Cl)cccc3Br)cc2[nH]1. The van der Waals surface area contributed by atoms with E-state index in [0.29, 0.717) is 54.5 Å². The average molecular weight is 546 g/mol. The molecular weight excluding hydrogens is 527 g/mol. The van der Waals surface area contributed by atoms with E-state index in [1.165, 1.54) is 0 Å². The van der Waals surface area contributed by atoms with Gasteiger partial charge in [-0.3, -0.25) is 9.59 Å². The normalized spacial score (nSPS) is 10.9. The fraction of sp³-hybridized carbons (Fsp3) is 0.125. The Morgan fingerprint density at radius 1 is 1.03 bits per heavy atom. The number of H-pyrrole nitrogens is 1. The molecule has 6 nitrogen and oxygen atoms in total. The van der Waals surface area contributed by atoms with E-state index in [9.17, 15) is 9.59 Å². The van der Waals surface area contributed by atoms with Crippen molar-refractivity contribution in [2.45, 2.75) is 20.3 Å². The molecule has 1 aromatic heterocycles. The molecule has 0 atom stereocenters. The number of aromatic amines is 1. The highest BCUT2D eigenvalue weighted by molar-refractivity contribution is 9.10. The number of hydrogen-bond donors (Lipinski definition) is 3. The van der Waals surface area contributed by atoms with Crippen LogP contribution in [0.25, 0.3) is 11.0 Å². The van der Waals surface area contributed by atoms with Gasteiger partial charge in [0.2, 0.25) is 0 Å². The Bertz CT molecular complexity index is 1380. The fourth-order valence-corrected chi connectivity index (χ4v) is 4.52. The summed E-state index contributed by atoms with van der Waals surface area (Å²) in [7, 11) is 0. The van der Waals surface area contributed by atoms with Gasteiger partial charge in [-0.05, 0) is 64.8 Å². The minimum atomic E-state index is -0.404. The number of carbonyl (C=O) groups is 2. The molecule has 0 bridgehead atoms. The van der Waals surface area contributed by atoms with Gasteiger partial charge in [0.25, 0.3) is 11.8 Å². The Kier molecular flexibility index (Phi) is 6.74. The first-order chi connectivity index (χ1) is 15.8. The molecule has 4 rings (SSSR count). The lowest BCUT2D eigenvalue weighted by molar-refractivity contribution is 0.101. The first-order valence-corrected chi connectivity index (χ1v) is 11.7. The van der Waals surface area contributed by atoms with Crippen molar-refractivity contribution in [3.05, 3.63) is 85.6 Å². The number of amides is 2. The molecule has 9 heteroatoms. The van der Waals surface area contributed by atoms with Gasteiger partial charge >= 0.3 is 0 Å². The van der Waals surface area contributed by atoms with E-state index in [0.717, 1.165) is 11.4 Å². The maximum atomic E-state index is 13.3. The second-order valence-electron chi connectivity index (χ2n) is 7.37. The maximum absolute atomic E-state index is 13.3. The molecule has 0 unspecified atom stereocenters. The number of aromatic nitrogens is 2. The van der Waals surface area contributed by atoms with Crippen LogP contribution in [0, 0.1) is 6.92 Å². The lowest BCUT2D eigenvalue weighted by Crippen LogP contribution is -2.16. The van der Waals surface area contributed by atoms with Crippen LogP contribution in [0.3, 0.4) is 0 Å². The summed E-state index contributed by atoms with van der Waals surface area (Å²) in [6.07, 6.45) is 0.664. The van der Waals surface area contributed by atoms with Crippen LogP contribution in [0.5, 0.6) is 0 Å². The first kappa shape index (κ1) is 23.3. The van der Waals surface area contributed by atoms with Crippen molar-refractivity contribution >= 4 is 73.4 Å². The van der Waals surface area contributed by atoms with E-state index >= 15 is 0 Å². The van der Waals surface area contributed by atoms with Crippen LogP contribution in [-0.2, 0) is 6.42 Å². The molecular formula is C24H19BrCl2N4O2. The Labute approximate surface area is 208 Å². The van der Waals surface area contributed by atoms with Crippen LogP contribution in [-0.4, -0.2) is 21.8 Å². The average Bonchev–Trinajstić information content (AvgIpc) is 3.19. The monoisotopic (exact) mass is 544 g/mol. The van der Waals surface area contributed by atoms with Crippen LogP contribution in [0.15, 0.2) is 53.0 Å². The second kappa shape index (κ2) is 9.55. The van der Waals surface area contributed by atoms with Crippen molar-refractivity contribution in [2.24, 2.45) is 0 Å². The number of benzene rings is 3. The Balaban J connectivity index is 1.74. The number of imidazole rings is 1. The second-order valence-corrected chi connectivity index (χ2v) is 9.04. The Hall–Kier alpha value is -2.87. The first-order valence-electron chi connectivity index (χ1n) is 10.1. The summed E-state index contributed by atoms with van der Waals surface area (Å²) in [5.41, 5.74) is 3.56. The molecule has 168 valence electrons. The molecule has 0 fully saturated rings. The molecule has 0 saturated carbocycles. The van der Waals surface area contributed by atoms with Gasteiger partial charge in [-0.1, -0.05) is 42.3 Å². The summed E-state index contributed by atoms with van der Waals surface area (Å²) in [5, 5.41) is 6.60. The topological polar surface area (TPSA) is 86.9 Å². The number of anilines is 2. The van der Waals surface area contributed by atoms with Gasteiger partial charge in [0.05, 0.1) is 21.7 Å². The number of nitrogens with one attached hydrogen (secondary N) is 3. The highest BCUT2D eigenvalue weighted by atomic mass is 79.9. The molecule has 3 N–H and O–H groups in total. The van der Waals surface area contributed by atoms with E-state index in [2.05, 4.69) is 36.5 Å². The van der Waals surface area contributed by atoms with Crippen LogP contribution < -0.4 is 10.6 Å². The van der Waals surface area contributed by atoms with Crippen molar-refractivity contribution in [3.63, 3.8) is 0 Å². The van der Waals surface area contributed by atoms with E-state index in [4.69, 9.17) is 23.2 Å². The van der Waals surface area contributed by atoms with Crippen LogP contribution in [0.1, 0.15) is 39.0 Å². The molecule has 3 aromatic carbocycles. The third kappa shape index (κ3) is 4.76. The molecule has 0 aliphatic rings. The third-order valence-corrected chi connectivity index (χ3v) is 6.56. The van der Waals surface area contributed by atoms with E-state index in [1.807, 2.05) is 13.8 Å². The molecule has 33 heavy (non-hydrogen) atoms. The lowest BCUT2D eigenvalue weighted by Gasteiger charge is -2.12. The third-order valence-electron chi connectivity index (χ3n) is 5.18. The van der Waals surface area contributed by atoms with Gasteiger partial charge in [-0.25, -0.2) is 4.98 Å². The molecule has 0 radical (unpaired) electrons. The highest BCUT2D eigenvalue weighted by Crippen LogP contribution is 2.29. The summed E-state index contributed by atoms with van der Waals surface area (Å²) >= 11 is 15.8. The largest absolute Gasteiger partial charge is 0.342 e. The Morgan fingerprint density at radius 3 is 2.48 bits per heavy atom. The standard InChI is InChI=1S/C24H19BrCl2N4O2/c1-3-20-29-19-11-13(28-24(33)21-15(25)6-4-8-17(21)27)10-14(22(19)31-20)23(32)30-18-9-5-7-16(26)12(18)2/h4-11H,3H2,1-2H3,(H,28,33)(H,29,31)(H,30,32). The van der Waals surface area contributed by atoms with E-state index < -0.39 is 5.91 Å². The van der Waals surface area contributed by atoms with Gasteiger partial charge in [0, 0.05) is 27.3 Å². The predicted molar refractivity (Wildman–Crippen MR) is 137 cm³/mol. The number of fused-ring (bicyclic) bond motifs is 1. The van der Waals surface area contributed by atoms with Crippen LogP contribution in [0.4, 0.5) is 11.4 Å². The predicted octanol–water partition coefficient (Wildman–Crippen LogP) is 7.01. The molecule has 0 aliphatic carbocycles. The molecule has 1 heterocycles. The highest BCUT2D eigenvalue weighted by Gasteiger charge is 2.19. The molecule has 0 saturated heterocycles. The smallest absolute Gasteiger partial charge is 0.258 e. The minimum Gasteiger partial charge on any atom is -0.342 e. The minimum absolute atomic E-state index is 0.304. The molecule has 0 spiro atoms. The summed E-state index contributed by atoms with van der Waals surface area (Å²) in [6.45, 7) is 3.79. The van der Waals surface area contributed by atoms with Gasteiger partial charge < -0.3 is 15.6 Å². The number of aryl methyl sites for hydroxylation is 1. The number of rotatable bonds is 5. The number of carbonyl (C=O) groups excluding carboxylic acids is 2. The number of nitrogens with zero attached hydrogens (tertiary/aromatic N) is 1. The number of halogens is 3. The van der Waals surface area contributed by atoms with Crippen molar-refractivity contribution in [3.8, 4) is 0 Å². The maximum Gasteiger partial charge on any atom is 0.258 e. The van der Waals surface area contributed by atoms with Crippen molar-refractivity contribution in [2.75, 3.05) is 10.6 Å². The lowest BCUT2D eigenvalue weighted by atomic mass is 10.1. The van der Waals surface area contributed by atoms with Gasteiger partial charge in [0.15, 0.2) is 0 Å². The van der Waals surface area contributed by atoms with E-state index in [1.54, 1.807) is 48.5 Å². The fourth-order valence-electron chi connectivity index (χ4n) is 3.42. The van der Waals surface area contributed by atoms with Gasteiger partial charge in [-0.15, -0.1) is 0 Å². The summed E-state index contributed by atoms with van der Waals surface area (Å²) in [4.78, 5) is 34.0. The van der Waals surface area contributed by atoms with Gasteiger partial charge in [-0.2, -0.15) is 0 Å². The van der Waals surface area contributed by atoms with Crippen molar-refractivity contribution in [1.29, 1.82) is 0 Å². The van der Waals surface area contributed by atoms with E-state index in [-0.39, 0.29) is 5.91 Å². The zero-order valence-electron chi connectivity index (χ0n) is 17.7. The molecule has 0 aliphatic heterocycles. The van der Waals surface area contributed by atoms with Crippen molar-refractivity contribution < 1.29 is 9.59 Å². The summed E-state index contributed by atoms with van der Waals surface area (Å²) in [5.74, 6) is -0.0380. The number of hydrogen-bond acceptors (Lipinski definition) is 3. The molecule has 2 amide bonds. The zero-order valence-corrected chi connectivity index (χ0v) is 20.8.